The average molecular weight is 349 g/mol. The third kappa shape index (κ3) is 3.68. The Balaban J connectivity index is 2.25. The molecule has 2 aromatic carbocycles. The maximum absolute atomic E-state index is 4.10. The van der Waals surface area contributed by atoms with Crippen molar-refractivity contribution in [3.05, 3.63) is 60.7 Å². The van der Waals surface area contributed by atoms with Crippen LogP contribution in [0.3, 0.4) is 0 Å². The molecule has 100 valence electrons. The van der Waals surface area contributed by atoms with Crippen LogP contribution in [-0.4, -0.2) is 14.8 Å². The first-order chi connectivity index (χ1) is 8.92. The van der Waals surface area contributed by atoms with E-state index >= 15 is 0 Å². The fraction of sp³-hybridized carbons (Fsp3) is 0.250. The van der Waals surface area contributed by atoms with Gasteiger partial charge in [0.1, 0.15) is 0 Å². The van der Waals surface area contributed by atoms with Crippen molar-refractivity contribution in [3.8, 4) is 0 Å². The Morgan fingerprint density at radius 3 is 1.63 bits per heavy atom. The lowest BCUT2D eigenvalue weighted by atomic mass is 10.4. The summed E-state index contributed by atoms with van der Waals surface area (Å²) in [5.41, 5.74) is 1.33. The summed E-state index contributed by atoms with van der Waals surface area (Å²) in [6.45, 7) is 5.88. The van der Waals surface area contributed by atoms with Crippen LogP contribution in [0.1, 0.15) is 0 Å². The van der Waals surface area contributed by atoms with E-state index in [9.17, 15) is 0 Å². The van der Waals surface area contributed by atoms with Gasteiger partial charge in [-0.15, -0.1) is 15.3 Å². The van der Waals surface area contributed by atoms with E-state index in [0.29, 0.717) is 0 Å². The first-order valence-corrected chi connectivity index (χ1v) is 14.9. The summed E-state index contributed by atoms with van der Waals surface area (Å²) in [7, 11) is -1.38. The van der Waals surface area contributed by atoms with Crippen LogP contribution in [0.4, 0.5) is 0 Å². The maximum atomic E-state index is 4.10. The third-order valence-electron chi connectivity index (χ3n) is 3.70. The second kappa shape index (κ2) is 5.77. The lowest BCUT2D eigenvalue weighted by molar-refractivity contribution is 1.60. The van der Waals surface area contributed by atoms with Crippen LogP contribution in [0.25, 0.3) is 0 Å². The standard InChI is InChI=1S/C16H21BrSi2/c1-18(2,15-10-6-4-7-11-15)14-19(3,17)16-12-8-5-9-13-16/h4-13H,14H2,1-3H3. The second-order valence-electron chi connectivity index (χ2n) is 5.99. The van der Waals surface area contributed by atoms with Gasteiger partial charge in [-0.1, -0.05) is 85.5 Å². The molecule has 1 atom stereocenters. The minimum absolute atomic E-state index is 1.33. The van der Waals surface area contributed by atoms with Gasteiger partial charge in [-0.2, -0.15) is 0 Å². The molecular formula is C16H21BrSi2. The summed E-state index contributed by atoms with van der Waals surface area (Å²) >= 11 is 4.10. The van der Waals surface area contributed by atoms with Crippen molar-refractivity contribution in [1.29, 1.82) is 0 Å². The van der Waals surface area contributed by atoms with Crippen LogP contribution in [-0.2, 0) is 0 Å². The zero-order valence-electron chi connectivity index (χ0n) is 11.9. The predicted octanol–water partition coefficient (Wildman–Crippen LogP) is 4.02. The van der Waals surface area contributed by atoms with Gasteiger partial charge in [0.25, 0.3) is 0 Å². The van der Waals surface area contributed by atoms with Gasteiger partial charge in [0.05, 0.1) is 8.07 Å². The van der Waals surface area contributed by atoms with Crippen molar-refractivity contribution in [2.75, 3.05) is 0 Å². The Morgan fingerprint density at radius 2 is 1.16 bits per heavy atom. The topological polar surface area (TPSA) is 0 Å². The van der Waals surface area contributed by atoms with Gasteiger partial charge in [0.2, 0.25) is 0 Å². The van der Waals surface area contributed by atoms with Gasteiger partial charge in [0.15, 0.2) is 6.69 Å². The molecule has 2 aromatic rings. The molecule has 0 saturated carbocycles. The number of hydrogen-bond donors (Lipinski definition) is 0. The van der Waals surface area contributed by atoms with Crippen LogP contribution < -0.4 is 10.4 Å². The normalized spacial score (nSPS) is 14.9. The van der Waals surface area contributed by atoms with Crippen LogP contribution in [0.15, 0.2) is 60.7 Å². The second-order valence-corrected chi connectivity index (χ2v) is 20.0. The van der Waals surface area contributed by atoms with Crippen molar-refractivity contribution in [1.82, 2.24) is 0 Å². The van der Waals surface area contributed by atoms with Gasteiger partial charge in [-0.3, -0.25) is 0 Å². The van der Waals surface area contributed by atoms with Crippen molar-refractivity contribution < 1.29 is 0 Å². The van der Waals surface area contributed by atoms with Crippen molar-refractivity contribution in [2.24, 2.45) is 0 Å². The van der Waals surface area contributed by atoms with Crippen LogP contribution in [0, 0.1) is 0 Å². The zero-order valence-corrected chi connectivity index (χ0v) is 15.4. The van der Waals surface area contributed by atoms with E-state index in [1.807, 2.05) is 0 Å². The molecule has 0 fully saturated rings. The summed E-state index contributed by atoms with van der Waals surface area (Å²) in [6.07, 6.45) is 0. The Morgan fingerprint density at radius 1 is 0.737 bits per heavy atom. The van der Waals surface area contributed by atoms with Gasteiger partial charge < -0.3 is 0 Å². The Bertz CT molecular complexity index is 471. The van der Waals surface area contributed by atoms with Gasteiger partial charge >= 0.3 is 0 Å². The summed E-state index contributed by atoms with van der Waals surface area (Å²) in [6, 6.07) is 22.0. The van der Waals surface area contributed by atoms with E-state index < -0.39 is 14.8 Å². The Labute approximate surface area is 126 Å². The molecule has 0 heterocycles. The first-order valence-electron chi connectivity index (χ1n) is 6.72. The molecule has 1 unspecified atom stereocenters. The lowest BCUT2D eigenvalue weighted by Gasteiger charge is -2.31. The van der Waals surface area contributed by atoms with E-state index in [-0.39, 0.29) is 0 Å². The van der Waals surface area contributed by atoms with Crippen molar-refractivity contribution in [2.45, 2.75) is 25.3 Å². The number of halogens is 1. The summed E-state index contributed by atoms with van der Waals surface area (Å²) in [5, 5.41) is 3.07. The zero-order chi connectivity index (χ0) is 13.9. The van der Waals surface area contributed by atoms with E-state index in [0.717, 1.165) is 0 Å². The fourth-order valence-electron chi connectivity index (χ4n) is 2.71. The highest BCUT2D eigenvalue weighted by Gasteiger charge is 2.36. The van der Waals surface area contributed by atoms with Crippen molar-refractivity contribution >= 4 is 40.4 Å². The molecule has 3 heteroatoms. The molecule has 0 saturated heterocycles. The highest BCUT2D eigenvalue weighted by molar-refractivity contribution is 9.26. The van der Waals surface area contributed by atoms with E-state index in [1.165, 1.54) is 10.9 Å². The molecular weight excluding hydrogens is 328 g/mol. The molecule has 19 heavy (non-hydrogen) atoms. The molecule has 2 rings (SSSR count). The quantitative estimate of drug-likeness (QED) is 0.578. The molecule has 0 bridgehead atoms. The summed E-state index contributed by atoms with van der Waals surface area (Å²) in [5.74, 6) is 0. The molecule has 0 amide bonds. The number of hydrogen-bond acceptors (Lipinski definition) is 0. The van der Waals surface area contributed by atoms with E-state index in [2.05, 4.69) is 95.6 Å². The van der Waals surface area contributed by atoms with Crippen LogP contribution in [0.5, 0.6) is 0 Å². The molecule has 0 radical (unpaired) electrons. The monoisotopic (exact) mass is 348 g/mol. The Hall–Kier alpha value is -0.646. The third-order valence-corrected chi connectivity index (χ3v) is 17.2. The minimum Gasteiger partial charge on any atom is -0.121 e. The minimum atomic E-state index is -1.52. The van der Waals surface area contributed by atoms with Crippen LogP contribution in [0.2, 0.25) is 25.3 Å². The van der Waals surface area contributed by atoms with Gasteiger partial charge in [-0.05, 0) is 10.9 Å². The van der Waals surface area contributed by atoms with Gasteiger partial charge in [0, 0.05) is 0 Å². The van der Waals surface area contributed by atoms with E-state index in [4.69, 9.17) is 0 Å². The molecule has 0 aliphatic heterocycles. The molecule has 0 N–H and O–H groups in total. The summed E-state index contributed by atoms with van der Waals surface area (Å²) < 4.78 is 0. The highest BCUT2D eigenvalue weighted by Crippen LogP contribution is 2.24. The number of rotatable bonds is 4. The smallest absolute Gasteiger partial charge is 0.121 e. The van der Waals surface area contributed by atoms with E-state index in [1.54, 1.807) is 5.19 Å². The molecule has 0 aromatic heterocycles. The predicted molar refractivity (Wildman–Crippen MR) is 95.0 cm³/mol. The van der Waals surface area contributed by atoms with Gasteiger partial charge in [-0.25, -0.2) is 0 Å². The van der Waals surface area contributed by atoms with Crippen molar-refractivity contribution in [3.63, 3.8) is 0 Å². The van der Waals surface area contributed by atoms with Crippen LogP contribution >= 0.6 is 15.3 Å². The fourth-order valence-corrected chi connectivity index (χ4v) is 20.1. The highest BCUT2D eigenvalue weighted by atomic mass is 79.9. The SMILES string of the molecule is C[Si](C)(C[Si](C)(Br)c1ccccc1)c1ccccc1. The molecule has 0 nitrogen and oxygen atoms in total. The molecule has 0 spiro atoms. The average Bonchev–Trinajstić information content (AvgIpc) is 2.40. The largest absolute Gasteiger partial charge is 0.155 e. The number of benzene rings is 2. The Kier molecular flexibility index (Phi) is 4.48. The lowest BCUT2D eigenvalue weighted by Crippen LogP contribution is -2.52. The first kappa shape index (κ1) is 14.8. The summed E-state index contributed by atoms with van der Waals surface area (Å²) in [4.78, 5) is 0. The maximum Gasteiger partial charge on any atom is 0.155 e. The molecule has 0 aliphatic carbocycles. The molecule has 0 aliphatic rings.